The maximum absolute atomic E-state index is 12.4. The molecule has 0 aliphatic carbocycles. The van der Waals surface area contributed by atoms with Crippen molar-refractivity contribution >= 4 is 46.9 Å². The van der Waals surface area contributed by atoms with Crippen LogP contribution in [0.3, 0.4) is 0 Å². The zero-order valence-electron chi connectivity index (χ0n) is 11.2. The molecule has 2 aromatic carbocycles. The number of nitrogens with one attached hydrogen (secondary N) is 1. The molecule has 0 aromatic heterocycles. The van der Waals surface area contributed by atoms with Gasteiger partial charge in [0.25, 0.3) is 5.91 Å². The fraction of sp³-hybridized carbons (Fsp3) is 0. The molecule has 110 valence electrons. The van der Waals surface area contributed by atoms with E-state index < -0.39 is 11.9 Å². The molecule has 0 saturated carbocycles. The summed E-state index contributed by atoms with van der Waals surface area (Å²) in [5, 5.41) is 3.48. The van der Waals surface area contributed by atoms with Gasteiger partial charge >= 0.3 is 6.03 Å². The predicted octanol–water partition coefficient (Wildman–Crippen LogP) is 4.09. The summed E-state index contributed by atoms with van der Waals surface area (Å²) < 4.78 is 0. The Labute approximate surface area is 136 Å². The number of halogens is 2. The second kappa shape index (κ2) is 5.83. The van der Waals surface area contributed by atoms with E-state index in [0.29, 0.717) is 15.7 Å². The quantitative estimate of drug-likeness (QED) is 0.665. The van der Waals surface area contributed by atoms with Crippen molar-refractivity contribution in [3.8, 4) is 0 Å². The van der Waals surface area contributed by atoms with Crippen LogP contribution in [0.1, 0.15) is 5.56 Å². The average Bonchev–Trinajstić information content (AvgIpc) is 2.77. The minimum absolute atomic E-state index is 0.187. The van der Waals surface area contributed by atoms with Gasteiger partial charge in [0, 0.05) is 5.02 Å². The van der Waals surface area contributed by atoms with E-state index in [1.165, 1.54) is 0 Å². The first kappa shape index (κ1) is 14.6. The summed E-state index contributed by atoms with van der Waals surface area (Å²) in [6, 6.07) is 13.1. The Balaban J connectivity index is 1.95. The summed E-state index contributed by atoms with van der Waals surface area (Å²) in [6.07, 6.45) is 1.59. The third-order valence-corrected chi connectivity index (χ3v) is 3.72. The summed E-state index contributed by atoms with van der Waals surface area (Å²) in [5.74, 6) is -0.451. The molecule has 0 atom stereocenters. The average molecular weight is 333 g/mol. The summed E-state index contributed by atoms with van der Waals surface area (Å²) >= 11 is 11.9. The Morgan fingerprint density at radius 1 is 0.955 bits per heavy atom. The molecule has 1 fully saturated rings. The van der Waals surface area contributed by atoms with Gasteiger partial charge in [-0.2, -0.15) is 0 Å². The molecule has 3 rings (SSSR count). The van der Waals surface area contributed by atoms with E-state index in [1.54, 1.807) is 54.6 Å². The first-order chi connectivity index (χ1) is 10.6. The number of urea groups is 1. The minimum Gasteiger partial charge on any atom is -0.302 e. The Kier molecular flexibility index (Phi) is 3.88. The van der Waals surface area contributed by atoms with Crippen molar-refractivity contribution in [1.29, 1.82) is 0 Å². The van der Waals surface area contributed by atoms with Crippen LogP contribution in [0.5, 0.6) is 0 Å². The van der Waals surface area contributed by atoms with E-state index in [9.17, 15) is 9.59 Å². The number of imide groups is 1. The number of hydrogen-bond acceptors (Lipinski definition) is 2. The van der Waals surface area contributed by atoms with Gasteiger partial charge in [-0.1, -0.05) is 47.5 Å². The van der Waals surface area contributed by atoms with Gasteiger partial charge in [-0.25, -0.2) is 9.69 Å². The van der Waals surface area contributed by atoms with Crippen LogP contribution in [-0.4, -0.2) is 11.9 Å². The monoisotopic (exact) mass is 332 g/mol. The molecular weight excluding hydrogens is 323 g/mol. The maximum atomic E-state index is 12.4. The van der Waals surface area contributed by atoms with Gasteiger partial charge in [-0.3, -0.25) is 4.79 Å². The molecule has 0 unspecified atom stereocenters. The van der Waals surface area contributed by atoms with E-state index in [-0.39, 0.29) is 5.70 Å². The van der Waals surface area contributed by atoms with Crippen LogP contribution in [0.15, 0.2) is 54.2 Å². The normalized spacial score (nSPS) is 16.3. The molecule has 2 aromatic rings. The molecular formula is C16H10Cl2N2O2. The number of carbonyl (C=O) groups excluding carboxylic acids is 2. The van der Waals surface area contributed by atoms with E-state index in [1.807, 2.05) is 0 Å². The number of hydrogen-bond donors (Lipinski definition) is 1. The number of para-hydroxylation sites is 1. The fourth-order valence-corrected chi connectivity index (χ4v) is 2.46. The first-order valence-corrected chi connectivity index (χ1v) is 7.19. The molecule has 0 spiro atoms. The Hall–Kier alpha value is -2.30. The number of anilines is 1. The van der Waals surface area contributed by atoms with Crippen LogP contribution in [0.25, 0.3) is 6.08 Å². The molecule has 1 N–H and O–H groups in total. The zero-order valence-corrected chi connectivity index (χ0v) is 12.7. The van der Waals surface area contributed by atoms with Crippen molar-refractivity contribution in [2.24, 2.45) is 0 Å². The van der Waals surface area contributed by atoms with Gasteiger partial charge in [0.15, 0.2) is 0 Å². The summed E-state index contributed by atoms with van der Waals surface area (Å²) in [6.45, 7) is 0. The van der Waals surface area contributed by atoms with Gasteiger partial charge in [0.05, 0.1) is 10.7 Å². The van der Waals surface area contributed by atoms with E-state index in [0.717, 1.165) is 10.5 Å². The van der Waals surface area contributed by atoms with Crippen molar-refractivity contribution in [3.63, 3.8) is 0 Å². The number of amides is 3. The summed E-state index contributed by atoms with van der Waals surface area (Å²) in [4.78, 5) is 25.5. The maximum Gasteiger partial charge on any atom is 0.333 e. The highest BCUT2D eigenvalue weighted by molar-refractivity contribution is 6.37. The highest BCUT2D eigenvalue weighted by Crippen LogP contribution is 2.29. The highest BCUT2D eigenvalue weighted by atomic mass is 35.5. The van der Waals surface area contributed by atoms with Gasteiger partial charge in [0.1, 0.15) is 5.70 Å². The second-order valence-corrected chi connectivity index (χ2v) is 5.48. The molecule has 6 heteroatoms. The number of nitrogens with zero attached hydrogens (tertiary/aromatic N) is 1. The Bertz CT molecular complexity index is 785. The topological polar surface area (TPSA) is 49.4 Å². The van der Waals surface area contributed by atoms with Gasteiger partial charge in [-0.15, -0.1) is 0 Å². The van der Waals surface area contributed by atoms with Crippen LogP contribution < -0.4 is 10.2 Å². The third kappa shape index (κ3) is 2.71. The summed E-state index contributed by atoms with van der Waals surface area (Å²) in [7, 11) is 0. The third-order valence-electron chi connectivity index (χ3n) is 3.15. The highest BCUT2D eigenvalue weighted by Gasteiger charge is 2.35. The predicted molar refractivity (Wildman–Crippen MR) is 86.9 cm³/mol. The van der Waals surface area contributed by atoms with E-state index in [2.05, 4.69) is 5.32 Å². The standard InChI is InChI=1S/C16H10Cl2N2O2/c17-11-7-5-10(6-8-11)9-13-15(21)20(16(22)19-13)14-4-2-1-3-12(14)18/h1-9H,(H,19,22)/b13-9-. The Morgan fingerprint density at radius 2 is 1.64 bits per heavy atom. The van der Waals surface area contributed by atoms with Crippen molar-refractivity contribution in [2.45, 2.75) is 0 Å². The lowest BCUT2D eigenvalue weighted by Gasteiger charge is -2.13. The Morgan fingerprint density at radius 3 is 2.32 bits per heavy atom. The molecule has 22 heavy (non-hydrogen) atoms. The summed E-state index contributed by atoms with van der Waals surface area (Å²) in [5.41, 5.74) is 1.30. The molecule has 1 heterocycles. The van der Waals surface area contributed by atoms with Crippen molar-refractivity contribution in [2.75, 3.05) is 4.90 Å². The molecule has 0 radical (unpaired) electrons. The molecule has 3 amide bonds. The lowest BCUT2D eigenvalue weighted by atomic mass is 10.2. The van der Waals surface area contributed by atoms with Gasteiger partial charge in [0.2, 0.25) is 0 Å². The largest absolute Gasteiger partial charge is 0.333 e. The SMILES string of the molecule is O=C1N/C(=C\c2ccc(Cl)cc2)C(=O)N1c1ccccc1Cl. The second-order valence-electron chi connectivity index (χ2n) is 4.63. The number of rotatable bonds is 2. The first-order valence-electron chi connectivity index (χ1n) is 6.43. The number of carbonyl (C=O) groups is 2. The molecule has 1 aliphatic heterocycles. The molecule has 0 bridgehead atoms. The van der Waals surface area contributed by atoms with E-state index in [4.69, 9.17) is 23.2 Å². The minimum atomic E-state index is -0.529. The lowest BCUT2D eigenvalue weighted by molar-refractivity contribution is -0.113. The smallest absolute Gasteiger partial charge is 0.302 e. The van der Waals surface area contributed by atoms with Crippen LogP contribution in [0, 0.1) is 0 Å². The van der Waals surface area contributed by atoms with Crippen molar-refractivity contribution in [3.05, 3.63) is 69.8 Å². The van der Waals surface area contributed by atoms with Gasteiger partial charge in [-0.05, 0) is 35.9 Å². The zero-order chi connectivity index (χ0) is 15.7. The lowest BCUT2D eigenvalue weighted by Crippen LogP contribution is -2.30. The van der Waals surface area contributed by atoms with Crippen LogP contribution in [-0.2, 0) is 4.79 Å². The van der Waals surface area contributed by atoms with Gasteiger partial charge < -0.3 is 5.32 Å². The van der Waals surface area contributed by atoms with Crippen LogP contribution in [0.4, 0.5) is 10.5 Å². The fourth-order valence-electron chi connectivity index (χ4n) is 2.11. The molecule has 1 saturated heterocycles. The molecule has 1 aliphatic rings. The van der Waals surface area contributed by atoms with E-state index >= 15 is 0 Å². The molecule has 4 nitrogen and oxygen atoms in total. The van der Waals surface area contributed by atoms with Crippen molar-refractivity contribution < 1.29 is 9.59 Å². The van der Waals surface area contributed by atoms with Crippen molar-refractivity contribution in [1.82, 2.24) is 5.32 Å². The van der Waals surface area contributed by atoms with Crippen LogP contribution >= 0.6 is 23.2 Å². The van der Waals surface area contributed by atoms with Crippen LogP contribution in [0.2, 0.25) is 10.0 Å². The number of benzene rings is 2.